The van der Waals surface area contributed by atoms with E-state index >= 15 is 0 Å². The van der Waals surface area contributed by atoms with E-state index in [9.17, 15) is 4.79 Å². The minimum absolute atomic E-state index is 0.127. The van der Waals surface area contributed by atoms with Crippen molar-refractivity contribution in [1.82, 2.24) is 0 Å². The Bertz CT molecular complexity index is 205. The molecule has 0 bridgehead atoms. The summed E-state index contributed by atoms with van der Waals surface area (Å²) in [6.07, 6.45) is 3.46. The predicted octanol–water partition coefficient (Wildman–Crippen LogP) is 3.19. The molecule has 0 aliphatic heterocycles. The van der Waals surface area contributed by atoms with Gasteiger partial charge in [-0.25, -0.2) is 0 Å². The lowest BCUT2D eigenvalue weighted by atomic mass is 9.76. The zero-order valence-corrected chi connectivity index (χ0v) is 9.24. The Balaban J connectivity index is 4.63. The highest BCUT2D eigenvalue weighted by atomic mass is 16.1. The number of hydrogen-bond acceptors (Lipinski definition) is 1. The molecule has 1 heteroatoms. The summed E-state index contributed by atoms with van der Waals surface area (Å²) in [6.45, 7) is 8.17. The van der Waals surface area contributed by atoms with Crippen LogP contribution in [0.4, 0.5) is 0 Å². The van der Waals surface area contributed by atoms with E-state index in [2.05, 4.69) is 32.6 Å². The van der Waals surface area contributed by atoms with Gasteiger partial charge in [0.05, 0.1) is 0 Å². The molecule has 1 nitrogen and oxygen atoms in total. The Morgan fingerprint density at radius 1 is 1.08 bits per heavy atom. The predicted molar refractivity (Wildman–Crippen MR) is 56.4 cm³/mol. The summed E-state index contributed by atoms with van der Waals surface area (Å²) < 4.78 is 0. The molecule has 0 aliphatic carbocycles. The summed E-state index contributed by atoms with van der Waals surface area (Å²) in [5, 5.41) is 0. The molecule has 0 rings (SSSR count). The van der Waals surface area contributed by atoms with Crippen LogP contribution in [0.2, 0.25) is 0 Å². The molecule has 0 N–H and O–H groups in total. The third kappa shape index (κ3) is 2.88. The highest BCUT2D eigenvalue weighted by molar-refractivity contribution is 6.00. The molecule has 0 aliphatic rings. The van der Waals surface area contributed by atoms with Crippen LogP contribution in [0.3, 0.4) is 0 Å². The lowest BCUT2D eigenvalue weighted by molar-refractivity contribution is -0.123. The second-order valence-electron chi connectivity index (χ2n) is 3.33. The molecule has 0 saturated carbocycles. The van der Waals surface area contributed by atoms with Gasteiger partial charge in [0, 0.05) is 11.8 Å². The average Bonchev–Trinajstić information content (AvgIpc) is 2.18. The van der Waals surface area contributed by atoms with E-state index in [4.69, 9.17) is 0 Å². The molecule has 13 heavy (non-hydrogen) atoms. The quantitative estimate of drug-likeness (QED) is 0.479. The van der Waals surface area contributed by atoms with Crippen molar-refractivity contribution < 1.29 is 4.79 Å². The second kappa shape index (κ2) is 5.80. The van der Waals surface area contributed by atoms with E-state index in [1.165, 1.54) is 0 Å². The third-order valence-electron chi connectivity index (χ3n) is 2.89. The van der Waals surface area contributed by atoms with Gasteiger partial charge >= 0.3 is 0 Å². The lowest BCUT2D eigenvalue weighted by Crippen LogP contribution is -2.27. The van der Waals surface area contributed by atoms with E-state index in [0.29, 0.717) is 0 Å². The van der Waals surface area contributed by atoms with Gasteiger partial charge in [0.15, 0.2) is 0 Å². The fourth-order valence-corrected chi connectivity index (χ4v) is 1.53. The molecule has 0 radical (unpaired) electrons. The minimum Gasteiger partial charge on any atom is -0.284 e. The van der Waals surface area contributed by atoms with Crippen molar-refractivity contribution in [1.29, 1.82) is 0 Å². The van der Waals surface area contributed by atoms with E-state index in [1.807, 2.05) is 6.92 Å². The SMILES string of the molecule is CCC#CC(=O)C(CC)(CC)CC. The van der Waals surface area contributed by atoms with E-state index < -0.39 is 0 Å². The molecule has 0 aromatic heterocycles. The zero-order valence-electron chi connectivity index (χ0n) is 9.24. The van der Waals surface area contributed by atoms with Crippen LogP contribution in [0.1, 0.15) is 53.4 Å². The Morgan fingerprint density at radius 3 is 1.85 bits per heavy atom. The molecule has 0 spiro atoms. The summed E-state index contributed by atoms with van der Waals surface area (Å²) in [6, 6.07) is 0. The van der Waals surface area contributed by atoms with Gasteiger partial charge in [-0.2, -0.15) is 0 Å². The summed E-state index contributed by atoms with van der Waals surface area (Å²) in [5.74, 6) is 5.72. The van der Waals surface area contributed by atoms with Gasteiger partial charge < -0.3 is 0 Å². The van der Waals surface area contributed by atoms with Gasteiger partial charge in [-0.05, 0) is 25.2 Å². The molecular formula is C12H20O. The van der Waals surface area contributed by atoms with Crippen molar-refractivity contribution in [3.63, 3.8) is 0 Å². The number of rotatable bonds is 4. The molecule has 0 fully saturated rings. The van der Waals surface area contributed by atoms with E-state index in [1.54, 1.807) is 0 Å². The maximum Gasteiger partial charge on any atom is 0.211 e. The van der Waals surface area contributed by atoms with Gasteiger partial charge in [0.2, 0.25) is 5.78 Å². The molecule has 0 unspecified atom stereocenters. The Labute approximate surface area is 81.9 Å². The van der Waals surface area contributed by atoms with Crippen LogP contribution in [0.15, 0.2) is 0 Å². The van der Waals surface area contributed by atoms with Gasteiger partial charge in [0.25, 0.3) is 0 Å². The van der Waals surface area contributed by atoms with Gasteiger partial charge in [-0.1, -0.05) is 33.6 Å². The van der Waals surface area contributed by atoms with Crippen molar-refractivity contribution in [3.8, 4) is 11.8 Å². The fraction of sp³-hybridized carbons (Fsp3) is 0.750. The van der Waals surface area contributed by atoms with Gasteiger partial charge in [-0.3, -0.25) is 4.79 Å². The zero-order chi connectivity index (χ0) is 10.3. The molecule has 0 aromatic carbocycles. The monoisotopic (exact) mass is 180 g/mol. The summed E-state index contributed by atoms with van der Waals surface area (Å²) >= 11 is 0. The number of carbonyl (C=O) groups excluding carboxylic acids is 1. The highest BCUT2D eigenvalue weighted by Gasteiger charge is 2.31. The van der Waals surface area contributed by atoms with Crippen LogP contribution in [0, 0.1) is 17.3 Å². The highest BCUT2D eigenvalue weighted by Crippen LogP contribution is 2.30. The molecule has 0 saturated heterocycles. The van der Waals surface area contributed by atoms with Crippen molar-refractivity contribution in [2.45, 2.75) is 53.4 Å². The lowest BCUT2D eigenvalue weighted by Gasteiger charge is -2.25. The van der Waals surface area contributed by atoms with Crippen LogP contribution in [0.5, 0.6) is 0 Å². The normalized spacial score (nSPS) is 10.5. The topological polar surface area (TPSA) is 17.1 Å². The largest absolute Gasteiger partial charge is 0.284 e. The van der Waals surface area contributed by atoms with Crippen LogP contribution in [0.25, 0.3) is 0 Å². The minimum atomic E-state index is -0.178. The van der Waals surface area contributed by atoms with Crippen LogP contribution in [-0.4, -0.2) is 5.78 Å². The fourth-order valence-electron chi connectivity index (χ4n) is 1.53. The van der Waals surface area contributed by atoms with Crippen molar-refractivity contribution in [2.24, 2.45) is 5.41 Å². The number of hydrogen-bond donors (Lipinski definition) is 0. The number of carbonyl (C=O) groups is 1. The molecular weight excluding hydrogens is 160 g/mol. The second-order valence-corrected chi connectivity index (χ2v) is 3.33. The third-order valence-corrected chi connectivity index (χ3v) is 2.89. The Morgan fingerprint density at radius 2 is 1.54 bits per heavy atom. The molecule has 0 atom stereocenters. The molecule has 0 amide bonds. The average molecular weight is 180 g/mol. The van der Waals surface area contributed by atoms with E-state index in [0.717, 1.165) is 25.7 Å². The number of Topliss-reactive ketones (excluding diaryl/α,β-unsaturated/α-hetero) is 1. The van der Waals surface area contributed by atoms with Gasteiger partial charge in [0.1, 0.15) is 0 Å². The van der Waals surface area contributed by atoms with Crippen LogP contribution < -0.4 is 0 Å². The first-order valence-electron chi connectivity index (χ1n) is 5.20. The molecule has 0 aromatic rings. The number of ketones is 1. The Hall–Kier alpha value is -0.770. The van der Waals surface area contributed by atoms with Crippen LogP contribution in [-0.2, 0) is 4.79 Å². The first-order chi connectivity index (χ1) is 6.16. The first kappa shape index (κ1) is 12.2. The standard InChI is InChI=1S/C12H20O/c1-5-9-10-11(13)12(6-2,7-3)8-4/h5-8H2,1-4H3. The molecule has 74 valence electrons. The summed E-state index contributed by atoms with van der Waals surface area (Å²) in [5.41, 5.74) is -0.178. The van der Waals surface area contributed by atoms with E-state index in [-0.39, 0.29) is 11.2 Å². The van der Waals surface area contributed by atoms with Crippen molar-refractivity contribution in [2.75, 3.05) is 0 Å². The van der Waals surface area contributed by atoms with Crippen LogP contribution >= 0.6 is 0 Å². The van der Waals surface area contributed by atoms with Gasteiger partial charge in [-0.15, -0.1) is 0 Å². The molecule has 0 heterocycles. The smallest absolute Gasteiger partial charge is 0.211 e. The maximum absolute atomic E-state index is 11.7. The van der Waals surface area contributed by atoms with Crippen molar-refractivity contribution in [3.05, 3.63) is 0 Å². The maximum atomic E-state index is 11.7. The summed E-state index contributed by atoms with van der Waals surface area (Å²) in [7, 11) is 0. The first-order valence-corrected chi connectivity index (χ1v) is 5.20. The Kier molecular flexibility index (Phi) is 5.46. The summed E-state index contributed by atoms with van der Waals surface area (Å²) in [4.78, 5) is 11.7. The van der Waals surface area contributed by atoms with Crippen molar-refractivity contribution >= 4 is 5.78 Å².